The summed E-state index contributed by atoms with van der Waals surface area (Å²) in [6, 6.07) is 7.92. The van der Waals surface area contributed by atoms with E-state index in [9.17, 15) is 0 Å². The summed E-state index contributed by atoms with van der Waals surface area (Å²) >= 11 is 0. The first kappa shape index (κ1) is 10.5. The van der Waals surface area contributed by atoms with Crippen LogP contribution in [0.4, 0.5) is 5.82 Å². The summed E-state index contributed by atoms with van der Waals surface area (Å²) in [4.78, 5) is 11.2. The van der Waals surface area contributed by atoms with Crippen molar-refractivity contribution >= 4 is 16.9 Å². The molecule has 0 unspecified atom stereocenters. The molecule has 4 nitrogen and oxygen atoms in total. The molecule has 1 aliphatic heterocycles. The van der Waals surface area contributed by atoms with Crippen LogP contribution >= 0.6 is 0 Å². The fourth-order valence-electron chi connectivity index (χ4n) is 2.20. The first-order chi connectivity index (χ1) is 8.20. The van der Waals surface area contributed by atoms with Gasteiger partial charge in [-0.05, 0) is 18.6 Å². The Balaban J connectivity index is 1.88. The predicted molar refractivity (Wildman–Crippen MR) is 69.0 cm³/mol. The second kappa shape index (κ2) is 3.67. The van der Waals surface area contributed by atoms with Gasteiger partial charge in [0.05, 0.1) is 22.8 Å². The minimum atomic E-state index is -0.0344. The van der Waals surface area contributed by atoms with Gasteiger partial charge in [-0.1, -0.05) is 19.1 Å². The standard InChI is InChI=1S/C13H16N4/c1-2-13(14)8-17(9-13)12-7-15-10-5-3-4-6-11(10)16-12/h3-7H,2,8-9,14H2,1H3. The largest absolute Gasteiger partial charge is 0.351 e. The molecule has 1 aromatic heterocycles. The quantitative estimate of drug-likeness (QED) is 0.847. The summed E-state index contributed by atoms with van der Waals surface area (Å²) < 4.78 is 0. The van der Waals surface area contributed by atoms with Gasteiger partial charge in [-0.15, -0.1) is 0 Å². The third kappa shape index (κ3) is 1.74. The van der Waals surface area contributed by atoms with Crippen molar-refractivity contribution in [1.82, 2.24) is 9.97 Å². The summed E-state index contributed by atoms with van der Waals surface area (Å²) in [7, 11) is 0. The van der Waals surface area contributed by atoms with Crippen LogP contribution in [0.25, 0.3) is 11.0 Å². The average Bonchev–Trinajstić information content (AvgIpc) is 2.34. The van der Waals surface area contributed by atoms with Crippen molar-refractivity contribution in [2.24, 2.45) is 5.73 Å². The van der Waals surface area contributed by atoms with Crippen molar-refractivity contribution in [3.8, 4) is 0 Å². The fourth-order valence-corrected chi connectivity index (χ4v) is 2.20. The molecule has 2 heterocycles. The van der Waals surface area contributed by atoms with Crippen molar-refractivity contribution < 1.29 is 0 Å². The molecule has 1 saturated heterocycles. The Morgan fingerprint density at radius 3 is 2.71 bits per heavy atom. The second-order valence-electron chi connectivity index (χ2n) is 4.79. The molecule has 1 fully saturated rings. The lowest BCUT2D eigenvalue weighted by atomic mass is 9.88. The number of nitrogens with two attached hydrogens (primary N) is 1. The van der Waals surface area contributed by atoms with Gasteiger partial charge in [-0.3, -0.25) is 4.98 Å². The molecular weight excluding hydrogens is 212 g/mol. The van der Waals surface area contributed by atoms with Crippen molar-refractivity contribution in [2.45, 2.75) is 18.9 Å². The van der Waals surface area contributed by atoms with Gasteiger partial charge in [0.1, 0.15) is 5.82 Å². The summed E-state index contributed by atoms with van der Waals surface area (Å²) in [5.74, 6) is 0.929. The van der Waals surface area contributed by atoms with Gasteiger partial charge < -0.3 is 10.6 Å². The number of para-hydroxylation sites is 2. The van der Waals surface area contributed by atoms with Crippen LogP contribution in [0.5, 0.6) is 0 Å². The maximum atomic E-state index is 6.15. The van der Waals surface area contributed by atoms with E-state index in [1.54, 1.807) is 0 Å². The third-order valence-electron chi connectivity index (χ3n) is 3.48. The average molecular weight is 228 g/mol. The zero-order chi connectivity index (χ0) is 11.9. The number of benzene rings is 1. The maximum absolute atomic E-state index is 6.15. The normalized spacial score (nSPS) is 18.1. The van der Waals surface area contributed by atoms with Gasteiger partial charge in [0.2, 0.25) is 0 Å². The van der Waals surface area contributed by atoms with Crippen LogP contribution in [0.2, 0.25) is 0 Å². The van der Waals surface area contributed by atoms with Crippen LogP contribution < -0.4 is 10.6 Å². The first-order valence-corrected chi connectivity index (χ1v) is 5.96. The van der Waals surface area contributed by atoms with Crippen molar-refractivity contribution in [3.63, 3.8) is 0 Å². The lowest BCUT2D eigenvalue weighted by molar-refractivity contribution is 0.320. The van der Waals surface area contributed by atoms with E-state index in [0.717, 1.165) is 36.4 Å². The molecule has 0 amide bonds. The Morgan fingerprint density at radius 2 is 2.00 bits per heavy atom. The second-order valence-corrected chi connectivity index (χ2v) is 4.79. The summed E-state index contributed by atoms with van der Waals surface area (Å²) in [6.45, 7) is 3.87. The van der Waals surface area contributed by atoms with Gasteiger partial charge >= 0.3 is 0 Å². The highest BCUT2D eigenvalue weighted by Crippen LogP contribution is 2.27. The van der Waals surface area contributed by atoms with Gasteiger partial charge in [0.15, 0.2) is 0 Å². The summed E-state index contributed by atoms with van der Waals surface area (Å²) in [5, 5.41) is 0. The van der Waals surface area contributed by atoms with Crippen molar-refractivity contribution in [2.75, 3.05) is 18.0 Å². The van der Waals surface area contributed by atoms with E-state index in [4.69, 9.17) is 5.73 Å². The van der Waals surface area contributed by atoms with Gasteiger partial charge in [-0.25, -0.2) is 4.98 Å². The molecule has 3 rings (SSSR count). The van der Waals surface area contributed by atoms with Crippen LogP contribution in [0.1, 0.15) is 13.3 Å². The van der Waals surface area contributed by atoms with E-state index >= 15 is 0 Å². The molecule has 88 valence electrons. The fraction of sp³-hybridized carbons (Fsp3) is 0.385. The van der Waals surface area contributed by atoms with E-state index in [-0.39, 0.29) is 5.54 Å². The number of aromatic nitrogens is 2. The Bertz CT molecular complexity index is 546. The lowest BCUT2D eigenvalue weighted by Gasteiger charge is -2.47. The number of rotatable bonds is 2. The number of nitrogens with zero attached hydrogens (tertiary/aromatic N) is 3. The smallest absolute Gasteiger partial charge is 0.147 e. The van der Waals surface area contributed by atoms with E-state index in [1.807, 2.05) is 30.5 Å². The first-order valence-electron chi connectivity index (χ1n) is 5.96. The minimum absolute atomic E-state index is 0.0344. The molecule has 17 heavy (non-hydrogen) atoms. The lowest BCUT2D eigenvalue weighted by Crippen LogP contribution is -2.67. The van der Waals surface area contributed by atoms with Crippen LogP contribution in [0, 0.1) is 0 Å². The van der Waals surface area contributed by atoms with Gasteiger partial charge in [0.25, 0.3) is 0 Å². The molecule has 0 atom stereocenters. The Morgan fingerprint density at radius 1 is 1.29 bits per heavy atom. The Hall–Kier alpha value is -1.68. The summed E-state index contributed by atoms with van der Waals surface area (Å²) in [5.41, 5.74) is 8.00. The van der Waals surface area contributed by atoms with Crippen molar-refractivity contribution in [1.29, 1.82) is 0 Å². The van der Waals surface area contributed by atoms with Crippen LogP contribution in [0.3, 0.4) is 0 Å². The SMILES string of the molecule is CCC1(N)CN(c2cnc3ccccc3n2)C1. The number of hydrogen-bond acceptors (Lipinski definition) is 4. The molecule has 4 heteroatoms. The van der Waals surface area contributed by atoms with Gasteiger partial charge in [0, 0.05) is 13.1 Å². The summed E-state index contributed by atoms with van der Waals surface area (Å²) in [6.07, 6.45) is 2.84. The zero-order valence-electron chi connectivity index (χ0n) is 9.93. The molecule has 0 aliphatic carbocycles. The molecule has 2 aromatic rings. The van der Waals surface area contributed by atoms with Crippen molar-refractivity contribution in [3.05, 3.63) is 30.5 Å². The maximum Gasteiger partial charge on any atom is 0.147 e. The molecule has 1 aromatic carbocycles. The molecule has 2 N–H and O–H groups in total. The van der Waals surface area contributed by atoms with E-state index in [2.05, 4.69) is 21.8 Å². The number of hydrogen-bond donors (Lipinski definition) is 1. The molecular formula is C13H16N4. The minimum Gasteiger partial charge on any atom is -0.351 e. The molecule has 0 bridgehead atoms. The monoisotopic (exact) mass is 228 g/mol. The predicted octanol–water partition coefficient (Wildman–Crippen LogP) is 1.56. The highest BCUT2D eigenvalue weighted by Gasteiger charge is 2.38. The number of fused-ring (bicyclic) bond motifs is 1. The Kier molecular flexibility index (Phi) is 2.26. The molecule has 0 radical (unpaired) electrons. The molecule has 0 saturated carbocycles. The number of anilines is 1. The van der Waals surface area contributed by atoms with E-state index in [1.165, 1.54) is 0 Å². The third-order valence-corrected chi connectivity index (χ3v) is 3.48. The highest BCUT2D eigenvalue weighted by molar-refractivity contribution is 5.75. The Labute approximate surface area is 100 Å². The topological polar surface area (TPSA) is 55.0 Å². The van der Waals surface area contributed by atoms with E-state index < -0.39 is 0 Å². The molecule has 1 aliphatic rings. The van der Waals surface area contributed by atoms with Crippen LogP contribution in [-0.2, 0) is 0 Å². The zero-order valence-corrected chi connectivity index (χ0v) is 9.93. The van der Waals surface area contributed by atoms with Crippen LogP contribution in [-0.4, -0.2) is 28.6 Å². The van der Waals surface area contributed by atoms with E-state index in [0.29, 0.717) is 0 Å². The molecule has 0 spiro atoms. The van der Waals surface area contributed by atoms with Gasteiger partial charge in [-0.2, -0.15) is 0 Å². The van der Waals surface area contributed by atoms with Crippen LogP contribution in [0.15, 0.2) is 30.5 Å². The highest BCUT2D eigenvalue weighted by atomic mass is 15.3.